The predicted molar refractivity (Wildman–Crippen MR) is 88.5 cm³/mol. The first-order valence-electron chi connectivity index (χ1n) is 6.46. The van der Waals surface area contributed by atoms with Crippen LogP contribution in [0.15, 0.2) is 51.1 Å². The second-order valence-corrected chi connectivity index (χ2v) is 7.80. The molecule has 1 N–H and O–H groups in total. The fraction of sp³-hybridized carbons (Fsp3) is 0.214. The summed E-state index contributed by atoms with van der Waals surface area (Å²) in [6.45, 7) is 0.371. The van der Waals surface area contributed by atoms with Gasteiger partial charge in [0, 0.05) is 11.0 Å². The van der Waals surface area contributed by atoms with Crippen molar-refractivity contribution < 1.29 is 17.4 Å². The minimum Gasteiger partial charge on any atom is -0.351 e. The van der Waals surface area contributed by atoms with Crippen LogP contribution < -0.4 is 5.32 Å². The van der Waals surface area contributed by atoms with Crippen molar-refractivity contribution in [3.8, 4) is 0 Å². The second kappa shape index (κ2) is 7.87. The van der Waals surface area contributed by atoms with Crippen LogP contribution in [0.5, 0.6) is 0 Å². The van der Waals surface area contributed by atoms with Crippen molar-refractivity contribution in [2.45, 2.75) is 11.3 Å². The average Bonchev–Trinajstić information content (AvgIpc) is 3.01. The first-order chi connectivity index (χ1) is 10.5. The van der Waals surface area contributed by atoms with Crippen LogP contribution in [-0.4, -0.2) is 27.5 Å². The van der Waals surface area contributed by atoms with Gasteiger partial charge in [-0.2, -0.15) is 8.42 Å². The van der Waals surface area contributed by atoms with E-state index in [-0.39, 0.29) is 17.4 Å². The molecule has 0 unspecified atom stereocenters. The number of amides is 1. The van der Waals surface area contributed by atoms with Crippen molar-refractivity contribution in [1.82, 2.24) is 5.32 Å². The third-order valence-electron chi connectivity index (χ3n) is 2.69. The van der Waals surface area contributed by atoms with Crippen LogP contribution in [0.2, 0.25) is 0 Å². The molecule has 2 rings (SSSR count). The summed E-state index contributed by atoms with van der Waals surface area (Å²) in [5.41, 5.74) is 0. The number of rotatable bonds is 7. The Hall–Kier alpha value is -1.22. The summed E-state index contributed by atoms with van der Waals surface area (Å²) >= 11 is 4.59. The predicted octanol–water partition coefficient (Wildman–Crippen LogP) is 3.04. The number of nitrogens with one attached hydrogen (secondary N) is 1. The van der Waals surface area contributed by atoms with Gasteiger partial charge in [0.05, 0.1) is 16.4 Å². The Morgan fingerprint density at radius 3 is 2.59 bits per heavy atom. The maximum atomic E-state index is 11.9. The van der Waals surface area contributed by atoms with Gasteiger partial charge in [0.15, 0.2) is 0 Å². The monoisotopic (exact) mass is 403 g/mol. The molecule has 1 heterocycles. The summed E-state index contributed by atoms with van der Waals surface area (Å²) in [4.78, 5) is 12.4. The van der Waals surface area contributed by atoms with Crippen molar-refractivity contribution in [1.29, 1.82) is 0 Å². The van der Waals surface area contributed by atoms with Crippen LogP contribution in [0.3, 0.4) is 0 Å². The Morgan fingerprint density at radius 2 is 1.95 bits per heavy atom. The number of benzene rings is 1. The molecule has 0 aliphatic carbocycles. The van der Waals surface area contributed by atoms with Crippen molar-refractivity contribution in [2.24, 2.45) is 0 Å². The molecule has 0 aliphatic heterocycles. The molecule has 0 radical (unpaired) electrons. The average molecular weight is 404 g/mol. The fourth-order valence-corrected chi connectivity index (χ4v) is 3.45. The molecule has 22 heavy (non-hydrogen) atoms. The van der Waals surface area contributed by atoms with E-state index in [0.29, 0.717) is 17.8 Å². The molecule has 0 aliphatic rings. The van der Waals surface area contributed by atoms with Gasteiger partial charge in [-0.1, -0.05) is 22.0 Å². The van der Waals surface area contributed by atoms with E-state index in [1.165, 1.54) is 23.5 Å². The van der Waals surface area contributed by atoms with E-state index in [1.807, 2.05) is 5.38 Å². The van der Waals surface area contributed by atoms with Gasteiger partial charge in [-0.15, -0.1) is 11.3 Å². The number of halogens is 1. The van der Waals surface area contributed by atoms with Crippen LogP contribution in [-0.2, 0) is 14.3 Å². The van der Waals surface area contributed by atoms with E-state index < -0.39 is 10.1 Å². The highest BCUT2D eigenvalue weighted by molar-refractivity contribution is 9.10. The lowest BCUT2D eigenvalue weighted by atomic mass is 10.4. The van der Waals surface area contributed by atoms with Crippen molar-refractivity contribution >= 4 is 43.3 Å². The molecule has 1 aromatic heterocycles. The zero-order valence-electron chi connectivity index (χ0n) is 11.5. The quantitative estimate of drug-likeness (QED) is 0.569. The van der Waals surface area contributed by atoms with Crippen molar-refractivity contribution in [2.75, 3.05) is 13.2 Å². The lowest BCUT2D eigenvalue weighted by Gasteiger charge is -2.06. The van der Waals surface area contributed by atoms with E-state index in [4.69, 9.17) is 4.18 Å². The summed E-state index contributed by atoms with van der Waals surface area (Å²) in [5.74, 6) is -0.161. The molecular formula is C14H14BrNO4S2. The molecule has 1 aromatic carbocycles. The number of carbonyl (C=O) groups is 1. The summed E-state index contributed by atoms with van der Waals surface area (Å²) in [7, 11) is -3.75. The second-order valence-electron chi connectivity index (χ2n) is 4.32. The van der Waals surface area contributed by atoms with Crippen molar-refractivity contribution in [3.63, 3.8) is 0 Å². The van der Waals surface area contributed by atoms with Crippen LogP contribution in [0.1, 0.15) is 16.1 Å². The standard InChI is InChI=1S/C14H14BrNO4S2/c15-11-4-6-12(7-5-11)22(18,19)20-9-2-8-16-14(17)13-3-1-10-21-13/h1,3-7,10H,2,8-9H2,(H,16,17). The topological polar surface area (TPSA) is 72.5 Å². The van der Waals surface area contributed by atoms with Gasteiger partial charge >= 0.3 is 0 Å². The Balaban J connectivity index is 1.74. The molecule has 118 valence electrons. The molecule has 0 spiro atoms. The molecule has 2 aromatic rings. The Kier molecular flexibility index (Phi) is 6.13. The van der Waals surface area contributed by atoms with Gasteiger partial charge in [-0.05, 0) is 42.1 Å². The van der Waals surface area contributed by atoms with Gasteiger partial charge in [-0.25, -0.2) is 0 Å². The Morgan fingerprint density at radius 1 is 1.23 bits per heavy atom. The molecule has 0 fully saturated rings. The summed E-state index contributed by atoms with van der Waals surface area (Å²) in [6, 6.07) is 9.74. The highest BCUT2D eigenvalue weighted by Crippen LogP contribution is 2.16. The zero-order valence-corrected chi connectivity index (χ0v) is 14.7. The Bertz CT molecular complexity index is 712. The summed E-state index contributed by atoms with van der Waals surface area (Å²) in [6.07, 6.45) is 0.410. The van der Waals surface area contributed by atoms with E-state index >= 15 is 0 Å². The summed E-state index contributed by atoms with van der Waals surface area (Å²) < 4.78 is 29.5. The number of thiophene rings is 1. The lowest BCUT2D eigenvalue weighted by molar-refractivity contribution is 0.0956. The van der Waals surface area contributed by atoms with Crippen molar-refractivity contribution in [3.05, 3.63) is 51.1 Å². The molecule has 0 saturated carbocycles. The number of carbonyl (C=O) groups excluding carboxylic acids is 1. The van der Waals surface area contributed by atoms with Gasteiger partial charge in [0.2, 0.25) is 0 Å². The fourth-order valence-electron chi connectivity index (χ4n) is 1.61. The normalized spacial score (nSPS) is 11.3. The van der Waals surface area contributed by atoms with Gasteiger partial charge in [0.1, 0.15) is 0 Å². The first kappa shape index (κ1) is 17.1. The molecule has 0 bridgehead atoms. The SMILES string of the molecule is O=C(NCCCOS(=O)(=O)c1ccc(Br)cc1)c1cccs1. The molecule has 5 nitrogen and oxygen atoms in total. The lowest BCUT2D eigenvalue weighted by Crippen LogP contribution is -2.24. The first-order valence-corrected chi connectivity index (χ1v) is 9.54. The van der Waals surface area contributed by atoms with Crippen LogP contribution in [0.4, 0.5) is 0 Å². The minimum absolute atomic E-state index is 0.0170. The number of hydrogen-bond donors (Lipinski definition) is 1. The maximum absolute atomic E-state index is 11.9. The minimum atomic E-state index is -3.75. The van der Waals surface area contributed by atoms with Gasteiger partial charge < -0.3 is 5.32 Å². The number of hydrogen-bond acceptors (Lipinski definition) is 5. The van der Waals surface area contributed by atoms with E-state index in [0.717, 1.165) is 4.47 Å². The smallest absolute Gasteiger partial charge is 0.296 e. The molecular weight excluding hydrogens is 390 g/mol. The van der Waals surface area contributed by atoms with Crippen LogP contribution >= 0.6 is 27.3 Å². The zero-order chi connectivity index (χ0) is 16.0. The molecule has 0 saturated heterocycles. The van der Waals surface area contributed by atoms with E-state index in [9.17, 15) is 13.2 Å². The highest BCUT2D eigenvalue weighted by atomic mass is 79.9. The Labute approximate surface area is 141 Å². The van der Waals surface area contributed by atoms with Gasteiger partial charge in [-0.3, -0.25) is 8.98 Å². The van der Waals surface area contributed by atoms with Crippen LogP contribution in [0, 0.1) is 0 Å². The molecule has 8 heteroatoms. The van der Waals surface area contributed by atoms with Gasteiger partial charge in [0.25, 0.3) is 16.0 Å². The third kappa shape index (κ3) is 4.91. The molecule has 0 atom stereocenters. The largest absolute Gasteiger partial charge is 0.351 e. The maximum Gasteiger partial charge on any atom is 0.296 e. The van der Waals surface area contributed by atoms with E-state index in [2.05, 4.69) is 21.2 Å². The third-order valence-corrected chi connectivity index (χ3v) is 5.42. The van der Waals surface area contributed by atoms with E-state index in [1.54, 1.807) is 24.3 Å². The highest BCUT2D eigenvalue weighted by Gasteiger charge is 2.14. The van der Waals surface area contributed by atoms with Crippen LogP contribution in [0.25, 0.3) is 0 Å². The molecule has 1 amide bonds. The summed E-state index contributed by atoms with van der Waals surface area (Å²) in [5, 5.41) is 4.53.